The molecule has 3 aromatic rings. The maximum Gasteiger partial charge on any atom is 0.335 e. The number of nitrogens with zero attached hydrogens (tertiary/aromatic N) is 2. The third kappa shape index (κ3) is 4.01. The molecule has 0 radical (unpaired) electrons. The highest BCUT2D eigenvalue weighted by Crippen LogP contribution is 2.24. The second-order valence-corrected chi connectivity index (χ2v) is 6.03. The summed E-state index contributed by atoms with van der Waals surface area (Å²) < 4.78 is 0. The fourth-order valence-corrected chi connectivity index (χ4v) is 2.42. The number of carbonyl (C=O) groups is 1. The van der Waals surface area contributed by atoms with Crippen LogP contribution in [0.5, 0.6) is 0 Å². The molecule has 0 saturated carbocycles. The molecule has 0 aliphatic rings. The lowest BCUT2D eigenvalue weighted by Crippen LogP contribution is -2.03. The van der Waals surface area contributed by atoms with Crippen molar-refractivity contribution in [1.82, 2.24) is 9.97 Å². The van der Waals surface area contributed by atoms with Crippen LogP contribution in [0.3, 0.4) is 0 Å². The second-order valence-electron chi connectivity index (χ2n) is 6.03. The highest BCUT2D eigenvalue weighted by molar-refractivity contribution is 5.89. The van der Waals surface area contributed by atoms with E-state index in [1.165, 1.54) is 0 Å². The Bertz CT molecular complexity index is 892. The van der Waals surface area contributed by atoms with Crippen molar-refractivity contribution in [3.05, 3.63) is 71.9 Å². The van der Waals surface area contributed by atoms with Gasteiger partial charge < -0.3 is 10.4 Å². The van der Waals surface area contributed by atoms with Crippen molar-refractivity contribution in [2.24, 2.45) is 0 Å². The Morgan fingerprint density at radius 1 is 1.00 bits per heavy atom. The van der Waals surface area contributed by atoms with Gasteiger partial charge in [-0.1, -0.05) is 50.2 Å². The van der Waals surface area contributed by atoms with Gasteiger partial charge in [-0.2, -0.15) is 0 Å². The zero-order chi connectivity index (χ0) is 17.8. The second kappa shape index (κ2) is 7.13. The zero-order valence-electron chi connectivity index (χ0n) is 14.1. The summed E-state index contributed by atoms with van der Waals surface area (Å²) in [5.74, 6) is 0.569. The number of aromatic nitrogens is 2. The topological polar surface area (TPSA) is 75.1 Å². The maximum absolute atomic E-state index is 11.1. The van der Waals surface area contributed by atoms with Gasteiger partial charge in [-0.3, -0.25) is 0 Å². The van der Waals surface area contributed by atoms with E-state index in [9.17, 15) is 4.79 Å². The molecule has 0 aliphatic carbocycles. The molecular formula is C20H19N3O2. The number of hydrogen-bond donors (Lipinski definition) is 2. The van der Waals surface area contributed by atoms with E-state index in [-0.39, 0.29) is 11.5 Å². The van der Waals surface area contributed by atoms with Crippen LogP contribution in [0.2, 0.25) is 0 Å². The molecule has 1 aromatic heterocycles. The minimum Gasteiger partial charge on any atom is -0.478 e. The number of nitrogens with one attached hydrogen (secondary N) is 1. The summed E-state index contributed by atoms with van der Waals surface area (Å²) in [5, 5.41) is 12.3. The highest BCUT2D eigenvalue weighted by Gasteiger charge is 2.10. The first-order valence-electron chi connectivity index (χ1n) is 8.07. The molecule has 0 aliphatic heterocycles. The largest absolute Gasteiger partial charge is 0.478 e. The lowest BCUT2D eigenvalue weighted by molar-refractivity contribution is 0.0697. The van der Waals surface area contributed by atoms with Crippen LogP contribution in [0.25, 0.3) is 11.4 Å². The molecule has 0 amide bonds. The van der Waals surface area contributed by atoms with Gasteiger partial charge >= 0.3 is 5.97 Å². The maximum atomic E-state index is 11.1. The molecule has 1 heterocycles. The van der Waals surface area contributed by atoms with E-state index in [2.05, 4.69) is 29.1 Å². The molecule has 2 aromatic carbocycles. The molecule has 25 heavy (non-hydrogen) atoms. The Morgan fingerprint density at radius 2 is 1.76 bits per heavy atom. The van der Waals surface area contributed by atoms with Crippen molar-refractivity contribution in [3.8, 4) is 11.4 Å². The standard InChI is InChI=1S/C20H19N3O2/c1-13(2)17-12-18(21-16-10-6-9-15(11-16)20(24)25)23-19(22-17)14-7-4-3-5-8-14/h3-13H,1-2H3,(H,24,25)(H,21,22,23). The summed E-state index contributed by atoms with van der Waals surface area (Å²) >= 11 is 0. The van der Waals surface area contributed by atoms with Gasteiger partial charge in [0.1, 0.15) is 5.82 Å². The Labute approximate surface area is 146 Å². The van der Waals surface area contributed by atoms with Gasteiger partial charge in [0.2, 0.25) is 0 Å². The van der Waals surface area contributed by atoms with Crippen molar-refractivity contribution in [1.29, 1.82) is 0 Å². The Morgan fingerprint density at radius 3 is 2.44 bits per heavy atom. The molecule has 0 atom stereocenters. The number of rotatable bonds is 5. The molecule has 0 spiro atoms. The van der Waals surface area contributed by atoms with Gasteiger partial charge in [0.25, 0.3) is 0 Å². The highest BCUT2D eigenvalue weighted by atomic mass is 16.4. The SMILES string of the molecule is CC(C)c1cc(Nc2cccc(C(=O)O)c2)nc(-c2ccccc2)n1. The van der Waals surface area contributed by atoms with Crippen LogP contribution in [0, 0.1) is 0 Å². The first-order chi connectivity index (χ1) is 12.0. The van der Waals surface area contributed by atoms with Crippen LogP contribution in [0.1, 0.15) is 35.8 Å². The smallest absolute Gasteiger partial charge is 0.335 e. The molecule has 3 rings (SSSR count). The van der Waals surface area contributed by atoms with Crippen molar-refractivity contribution < 1.29 is 9.90 Å². The zero-order valence-corrected chi connectivity index (χ0v) is 14.1. The number of carboxylic acids is 1. The fourth-order valence-electron chi connectivity index (χ4n) is 2.42. The summed E-state index contributed by atoms with van der Waals surface area (Å²) in [5.41, 5.74) is 2.76. The molecule has 0 fully saturated rings. The van der Waals surface area contributed by atoms with E-state index in [1.54, 1.807) is 18.2 Å². The van der Waals surface area contributed by atoms with Crippen molar-refractivity contribution >= 4 is 17.5 Å². The van der Waals surface area contributed by atoms with E-state index in [1.807, 2.05) is 42.5 Å². The Hall–Kier alpha value is -3.21. The quantitative estimate of drug-likeness (QED) is 0.707. The molecule has 126 valence electrons. The Kier molecular flexibility index (Phi) is 4.75. The monoisotopic (exact) mass is 333 g/mol. The van der Waals surface area contributed by atoms with E-state index >= 15 is 0 Å². The van der Waals surface area contributed by atoms with Crippen LogP contribution >= 0.6 is 0 Å². The van der Waals surface area contributed by atoms with Crippen molar-refractivity contribution in [2.75, 3.05) is 5.32 Å². The number of benzene rings is 2. The average molecular weight is 333 g/mol. The van der Waals surface area contributed by atoms with Gasteiger partial charge in [-0.25, -0.2) is 14.8 Å². The summed E-state index contributed by atoms with van der Waals surface area (Å²) in [7, 11) is 0. The average Bonchev–Trinajstić information content (AvgIpc) is 2.62. The molecule has 0 saturated heterocycles. The summed E-state index contributed by atoms with van der Waals surface area (Å²) in [4.78, 5) is 20.4. The fraction of sp³-hybridized carbons (Fsp3) is 0.150. The lowest BCUT2D eigenvalue weighted by atomic mass is 10.1. The first-order valence-corrected chi connectivity index (χ1v) is 8.07. The minimum atomic E-state index is -0.959. The molecule has 0 bridgehead atoms. The van der Waals surface area contributed by atoms with Gasteiger partial charge in [-0.15, -0.1) is 0 Å². The first kappa shape index (κ1) is 16.6. The van der Waals surface area contributed by atoms with Crippen LogP contribution in [-0.2, 0) is 0 Å². The van der Waals surface area contributed by atoms with E-state index in [0.717, 1.165) is 11.3 Å². The van der Waals surface area contributed by atoms with E-state index in [0.29, 0.717) is 17.3 Å². The summed E-state index contributed by atoms with van der Waals surface area (Å²) in [6.45, 7) is 4.15. The molecule has 5 nitrogen and oxygen atoms in total. The van der Waals surface area contributed by atoms with E-state index in [4.69, 9.17) is 5.11 Å². The van der Waals surface area contributed by atoms with Crippen LogP contribution < -0.4 is 5.32 Å². The van der Waals surface area contributed by atoms with Gasteiger partial charge in [0.05, 0.1) is 5.56 Å². The lowest BCUT2D eigenvalue weighted by Gasteiger charge is -2.12. The molecule has 0 unspecified atom stereocenters. The number of hydrogen-bond acceptors (Lipinski definition) is 4. The Balaban J connectivity index is 1.99. The summed E-state index contributed by atoms with van der Waals surface area (Å²) in [6.07, 6.45) is 0. The van der Waals surface area contributed by atoms with Crippen LogP contribution in [0.4, 0.5) is 11.5 Å². The van der Waals surface area contributed by atoms with E-state index < -0.39 is 5.97 Å². The van der Waals surface area contributed by atoms with Gasteiger partial charge in [0, 0.05) is 23.0 Å². The van der Waals surface area contributed by atoms with Gasteiger partial charge in [0.15, 0.2) is 5.82 Å². The van der Waals surface area contributed by atoms with Crippen molar-refractivity contribution in [2.45, 2.75) is 19.8 Å². The predicted octanol–water partition coefficient (Wildman–Crippen LogP) is 4.71. The third-order valence-corrected chi connectivity index (χ3v) is 3.75. The summed E-state index contributed by atoms with van der Waals surface area (Å²) in [6, 6.07) is 18.3. The number of anilines is 2. The van der Waals surface area contributed by atoms with Gasteiger partial charge in [-0.05, 0) is 24.1 Å². The number of carboxylic acid groups (broad SMARTS) is 1. The normalized spacial score (nSPS) is 10.7. The molecule has 5 heteroatoms. The van der Waals surface area contributed by atoms with Crippen LogP contribution in [0.15, 0.2) is 60.7 Å². The van der Waals surface area contributed by atoms with Crippen LogP contribution in [-0.4, -0.2) is 21.0 Å². The molecular weight excluding hydrogens is 314 g/mol. The molecule has 2 N–H and O–H groups in total. The number of aromatic carboxylic acids is 1. The predicted molar refractivity (Wildman–Crippen MR) is 98.2 cm³/mol. The van der Waals surface area contributed by atoms with Crippen molar-refractivity contribution in [3.63, 3.8) is 0 Å². The minimum absolute atomic E-state index is 0.228. The third-order valence-electron chi connectivity index (χ3n) is 3.75.